The van der Waals surface area contributed by atoms with Crippen molar-refractivity contribution in [3.05, 3.63) is 83.7 Å². The second-order valence-corrected chi connectivity index (χ2v) is 9.85. The van der Waals surface area contributed by atoms with Gasteiger partial charge >= 0.3 is 0 Å². The van der Waals surface area contributed by atoms with Gasteiger partial charge in [-0.05, 0) is 29.7 Å². The van der Waals surface area contributed by atoms with Crippen LogP contribution in [-0.4, -0.2) is 29.9 Å². The molecule has 170 valence electrons. The van der Waals surface area contributed by atoms with Crippen molar-refractivity contribution in [1.29, 1.82) is 0 Å². The summed E-state index contributed by atoms with van der Waals surface area (Å²) in [6.07, 6.45) is 2.97. The number of halogens is 2. The number of fused-ring (bicyclic) bond motifs is 1. The predicted molar refractivity (Wildman–Crippen MR) is 124 cm³/mol. The summed E-state index contributed by atoms with van der Waals surface area (Å²) in [4.78, 5) is 20.3. The van der Waals surface area contributed by atoms with Crippen LogP contribution in [0.15, 0.2) is 60.9 Å². The zero-order chi connectivity index (χ0) is 23.8. The van der Waals surface area contributed by atoms with Crippen LogP contribution < -0.4 is 4.72 Å². The minimum absolute atomic E-state index is 0.0234. The highest BCUT2D eigenvalue weighted by atomic mass is 32.2. The summed E-state index contributed by atoms with van der Waals surface area (Å²) in [5.74, 6) is -3.73. The summed E-state index contributed by atoms with van der Waals surface area (Å²) in [5, 5.41) is 0.394. The molecule has 0 radical (unpaired) electrons. The Morgan fingerprint density at radius 1 is 1.09 bits per heavy atom. The Labute approximate surface area is 189 Å². The number of anilines is 1. The largest absolute Gasteiger partial charge is 0.345 e. The fourth-order valence-electron chi connectivity index (χ4n) is 3.60. The average molecular weight is 470 g/mol. The fourth-order valence-corrected chi connectivity index (χ4v) is 5.06. The minimum atomic E-state index is -3.88. The number of hydrogen-bond acceptors (Lipinski definition) is 4. The summed E-state index contributed by atoms with van der Waals surface area (Å²) in [5.41, 5.74) is 0.676. The Morgan fingerprint density at radius 3 is 2.52 bits per heavy atom. The molecule has 2 heterocycles. The number of nitrogens with zero attached hydrogens (tertiary/aromatic N) is 1. The Balaban J connectivity index is 1.77. The standard InChI is InChI=1S/C24H21F2N3O3S/c1-14(2)13-33(31,32)29-20-9-8-19(25)21(22(20)26)23(30)18-12-28-24-17(18)10-16(11-27-24)15-6-4-3-5-7-15/h3-12,14,29H,13H2,1-2H3,(H,27,28). The third-order valence-electron chi connectivity index (χ3n) is 5.02. The molecule has 0 aliphatic carbocycles. The molecule has 6 nitrogen and oxygen atoms in total. The van der Waals surface area contributed by atoms with Crippen molar-refractivity contribution in [2.45, 2.75) is 13.8 Å². The van der Waals surface area contributed by atoms with Gasteiger partial charge in [-0.1, -0.05) is 44.2 Å². The number of rotatable bonds is 7. The van der Waals surface area contributed by atoms with Gasteiger partial charge in [0.05, 0.1) is 17.0 Å². The quantitative estimate of drug-likeness (QED) is 0.367. The predicted octanol–water partition coefficient (Wildman–Crippen LogP) is 5.14. The summed E-state index contributed by atoms with van der Waals surface area (Å²) in [6.45, 7) is 3.40. The second kappa shape index (κ2) is 8.74. The van der Waals surface area contributed by atoms with Crippen molar-refractivity contribution in [2.75, 3.05) is 10.5 Å². The maximum atomic E-state index is 15.2. The van der Waals surface area contributed by atoms with Crippen LogP contribution in [0, 0.1) is 17.6 Å². The topological polar surface area (TPSA) is 91.9 Å². The van der Waals surface area contributed by atoms with Crippen molar-refractivity contribution >= 4 is 32.5 Å². The normalized spacial score (nSPS) is 11.8. The number of carbonyl (C=O) groups excluding carboxylic acids is 1. The molecule has 0 spiro atoms. The van der Waals surface area contributed by atoms with Crippen LogP contribution in [0.25, 0.3) is 22.2 Å². The molecular weight excluding hydrogens is 448 g/mol. The maximum Gasteiger partial charge on any atom is 0.233 e. The zero-order valence-electron chi connectivity index (χ0n) is 17.9. The van der Waals surface area contributed by atoms with Crippen LogP contribution in [0.5, 0.6) is 0 Å². The highest BCUT2D eigenvalue weighted by Gasteiger charge is 2.26. The lowest BCUT2D eigenvalue weighted by atomic mass is 10.00. The highest BCUT2D eigenvalue weighted by molar-refractivity contribution is 7.92. The number of carbonyl (C=O) groups is 1. The lowest BCUT2D eigenvalue weighted by Crippen LogP contribution is -2.21. The van der Waals surface area contributed by atoms with Gasteiger partial charge in [0.1, 0.15) is 11.5 Å². The third kappa shape index (κ3) is 4.63. The summed E-state index contributed by atoms with van der Waals surface area (Å²) in [6, 6.07) is 12.9. The number of sulfonamides is 1. The van der Waals surface area contributed by atoms with Crippen LogP contribution in [0.1, 0.15) is 29.8 Å². The van der Waals surface area contributed by atoms with Gasteiger partial charge in [0.15, 0.2) is 5.82 Å². The van der Waals surface area contributed by atoms with Crippen molar-refractivity contribution < 1.29 is 22.0 Å². The van der Waals surface area contributed by atoms with E-state index in [1.165, 1.54) is 6.20 Å². The molecule has 4 rings (SSSR count). The van der Waals surface area contributed by atoms with Gasteiger partial charge in [-0.25, -0.2) is 22.2 Å². The van der Waals surface area contributed by atoms with Gasteiger partial charge in [-0.2, -0.15) is 0 Å². The van der Waals surface area contributed by atoms with Crippen LogP contribution in [0.2, 0.25) is 0 Å². The Kier molecular flexibility index (Phi) is 5.99. The van der Waals surface area contributed by atoms with Crippen molar-refractivity contribution in [3.63, 3.8) is 0 Å². The Morgan fingerprint density at radius 2 is 1.82 bits per heavy atom. The van der Waals surface area contributed by atoms with Crippen LogP contribution in [0.4, 0.5) is 14.5 Å². The van der Waals surface area contributed by atoms with E-state index in [2.05, 4.69) is 14.7 Å². The molecule has 2 aromatic heterocycles. The zero-order valence-corrected chi connectivity index (χ0v) is 18.7. The van der Waals surface area contributed by atoms with E-state index in [4.69, 9.17) is 0 Å². The summed E-state index contributed by atoms with van der Waals surface area (Å²) in [7, 11) is -3.88. The van der Waals surface area contributed by atoms with Crippen LogP contribution >= 0.6 is 0 Å². The molecule has 0 fully saturated rings. The number of nitrogens with one attached hydrogen (secondary N) is 2. The van der Waals surface area contributed by atoms with E-state index in [1.54, 1.807) is 26.1 Å². The smallest absolute Gasteiger partial charge is 0.233 e. The van der Waals surface area contributed by atoms with E-state index in [9.17, 15) is 17.6 Å². The molecule has 2 aromatic carbocycles. The minimum Gasteiger partial charge on any atom is -0.345 e. The molecule has 4 aromatic rings. The molecule has 0 atom stereocenters. The molecular formula is C24H21F2N3O3S. The summed E-state index contributed by atoms with van der Waals surface area (Å²) < 4.78 is 56.4. The highest BCUT2D eigenvalue weighted by Crippen LogP contribution is 2.29. The van der Waals surface area contributed by atoms with E-state index >= 15 is 4.39 Å². The number of benzene rings is 2. The molecule has 0 saturated carbocycles. The first-order valence-corrected chi connectivity index (χ1v) is 11.9. The maximum absolute atomic E-state index is 15.2. The molecule has 0 bridgehead atoms. The van der Waals surface area contributed by atoms with E-state index in [1.807, 2.05) is 30.3 Å². The van der Waals surface area contributed by atoms with E-state index in [-0.39, 0.29) is 17.2 Å². The van der Waals surface area contributed by atoms with Gasteiger partial charge in [-0.15, -0.1) is 0 Å². The monoisotopic (exact) mass is 469 g/mol. The van der Waals surface area contributed by atoms with Gasteiger partial charge in [0, 0.05) is 28.9 Å². The number of aromatic amines is 1. The molecule has 0 saturated heterocycles. The first-order valence-electron chi connectivity index (χ1n) is 10.2. The summed E-state index contributed by atoms with van der Waals surface area (Å²) >= 11 is 0. The van der Waals surface area contributed by atoms with Gasteiger partial charge in [0.25, 0.3) is 0 Å². The van der Waals surface area contributed by atoms with Crippen molar-refractivity contribution in [1.82, 2.24) is 9.97 Å². The fraction of sp³-hybridized carbons (Fsp3) is 0.167. The molecule has 0 unspecified atom stereocenters. The number of aromatic nitrogens is 2. The first kappa shape index (κ1) is 22.6. The van der Waals surface area contributed by atoms with E-state index < -0.39 is 38.7 Å². The first-order chi connectivity index (χ1) is 15.7. The SMILES string of the molecule is CC(C)CS(=O)(=O)Nc1ccc(F)c(C(=O)c2c[nH]c3ncc(-c4ccccc4)cc23)c1F. The Bertz CT molecular complexity index is 1450. The van der Waals surface area contributed by atoms with Crippen molar-refractivity contribution in [3.8, 4) is 11.1 Å². The van der Waals surface area contributed by atoms with E-state index in [0.29, 0.717) is 11.0 Å². The van der Waals surface area contributed by atoms with Crippen LogP contribution in [0.3, 0.4) is 0 Å². The number of pyridine rings is 1. The molecule has 0 aliphatic heterocycles. The van der Waals surface area contributed by atoms with Crippen molar-refractivity contribution in [2.24, 2.45) is 5.92 Å². The molecule has 33 heavy (non-hydrogen) atoms. The molecule has 9 heteroatoms. The Hall–Kier alpha value is -3.59. The second-order valence-electron chi connectivity index (χ2n) is 8.08. The lowest BCUT2D eigenvalue weighted by Gasteiger charge is -2.13. The van der Waals surface area contributed by atoms with Gasteiger partial charge < -0.3 is 4.98 Å². The van der Waals surface area contributed by atoms with Gasteiger partial charge in [-0.3, -0.25) is 9.52 Å². The van der Waals surface area contributed by atoms with E-state index in [0.717, 1.165) is 23.3 Å². The van der Waals surface area contributed by atoms with Crippen LogP contribution in [-0.2, 0) is 10.0 Å². The van der Waals surface area contributed by atoms with Gasteiger partial charge in [0.2, 0.25) is 15.8 Å². The third-order valence-corrected chi connectivity index (χ3v) is 6.66. The lowest BCUT2D eigenvalue weighted by molar-refractivity contribution is 0.103. The number of ketones is 1. The average Bonchev–Trinajstić information content (AvgIpc) is 3.18. The molecule has 2 N–H and O–H groups in total. The number of hydrogen-bond donors (Lipinski definition) is 2. The molecule has 0 amide bonds. The molecule has 0 aliphatic rings. The number of H-pyrrole nitrogens is 1.